The van der Waals surface area contributed by atoms with E-state index in [1.165, 1.54) is 6.92 Å². The maximum absolute atomic E-state index is 10.6. The number of rotatable bonds is 1. The number of hydrogen-bond donors (Lipinski definition) is 2. The van der Waals surface area contributed by atoms with Crippen LogP contribution in [-0.2, 0) is 4.79 Å². The fraction of sp³-hybridized carbons (Fsp3) is 0.125. The van der Waals surface area contributed by atoms with Gasteiger partial charge in [0.2, 0.25) is 10.7 Å². The van der Waals surface area contributed by atoms with Gasteiger partial charge in [-0.2, -0.15) is 15.5 Å². The van der Waals surface area contributed by atoms with Gasteiger partial charge in [0.1, 0.15) is 28.4 Å². The quantitative estimate of drug-likeness (QED) is 0.628. The van der Waals surface area contributed by atoms with Gasteiger partial charge in [-0.05, 0) is 0 Å². The Labute approximate surface area is 94.5 Å². The second-order valence-corrected chi connectivity index (χ2v) is 3.57. The van der Waals surface area contributed by atoms with Crippen molar-refractivity contribution in [1.29, 1.82) is 10.5 Å². The molecule has 1 aromatic rings. The molecule has 3 N–H and O–H groups in total. The standard InChI is InChI=1S/C8H6N6OS/c1-4(15)13-14-8-12-7(11)5(2-9)6(3-10)16-8/h1H3,(H,13,15)(H2,11,12,14). The Bertz CT molecular complexity index is 576. The molecule has 8 heteroatoms. The minimum absolute atomic E-state index is 0.0225. The molecule has 0 unspecified atom stereocenters. The summed E-state index contributed by atoms with van der Waals surface area (Å²) in [5, 5.41) is 21.1. The first kappa shape index (κ1) is 11.6. The average molecular weight is 234 g/mol. The summed E-state index contributed by atoms with van der Waals surface area (Å²) in [7, 11) is 0. The van der Waals surface area contributed by atoms with Gasteiger partial charge in [-0.1, -0.05) is 11.3 Å². The normalized spacial score (nSPS) is 10.3. The van der Waals surface area contributed by atoms with Crippen LogP contribution in [-0.4, -0.2) is 10.9 Å². The van der Waals surface area contributed by atoms with Crippen LogP contribution < -0.4 is 16.0 Å². The SMILES string of the molecule is CC(=O)N/N=c1/nc(N)c(C#N)c(C#N)s1. The number of nitrogens with one attached hydrogen (secondary N) is 1. The highest BCUT2D eigenvalue weighted by molar-refractivity contribution is 7.09. The molecule has 0 spiro atoms. The van der Waals surface area contributed by atoms with E-state index in [1.807, 2.05) is 6.07 Å². The number of carbonyl (C=O) groups excluding carboxylic acids is 1. The Morgan fingerprint density at radius 3 is 2.75 bits per heavy atom. The number of amides is 1. The summed E-state index contributed by atoms with van der Waals surface area (Å²) >= 11 is 0.874. The van der Waals surface area contributed by atoms with Crippen LogP contribution in [0.15, 0.2) is 5.10 Å². The number of aromatic nitrogens is 1. The lowest BCUT2D eigenvalue weighted by Crippen LogP contribution is -2.19. The smallest absolute Gasteiger partial charge is 0.237 e. The van der Waals surface area contributed by atoms with E-state index in [1.54, 1.807) is 6.07 Å². The molecule has 7 nitrogen and oxygen atoms in total. The second-order valence-electron chi connectivity index (χ2n) is 2.59. The van der Waals surface area contributed by atoms with Crippen molar-refractivity contribution >= 4 is 23.1 Å². The molecule has 1 heterocycles. The van der Waals surface area contributed by atoms with E-state index in [4.69, 9.17) is 16.3 Å². The second kappa shape index (κ2) is 4.87. The van der Waals surface area contributed by atoms with Crippen molar-refractivity contribution in [1.82, 2.24) is 10.4 Å². The maximum Gasteiger partial charge on any atom is 0.237 e. The predicted octanol–water partition coefficient (Wildman–Crippen LogP) is -0.580. The molecule has 0 atom stereocenters. The predicted molar refractivity (Wildman–Crippen MR) is 55.3 cm³/mol. The van der Waals surface area contributed by atoms with E-state index < -0.39 is 0 Å². The molecule has 1 amide bonds. The van der Waals surface area contributed by atoms with Gasteiger partial charge < -0.3 is 5.73 Å². The summed E-state index contributed by atoms with van der Waals surface area (Å²) < 4.78 is 0. The van der Waals surface area contributed by atoms with E-state index in [0.717, 1.165) is 11.3 Å². The highest BCUT2D eigenvalue weighted by Crippen LogP contribution is 2.12. The average Bonchev–Trinajstić information content (AvgIpc) is 2.25. The molecule has 16 heavy (non-hydrogen) atoms. The van der Waals surface area contributed by atoms with Gasteiger partial charge in [0.05, 0.1) is 0 Å². The maximum atomic E-state index is 10.6. The van der Waals surface area contributed by atoms with Crippen molar-refractivity contribution < 1.29 is 4.79 Å². The minimum atomic E-state index is -0.365. The molecule has 0 fully saturated rings. The van der Waals surface area contributed by atoms with E-state index >= 15 is 0 Å². The van der Waals surface area contributed by atoms with Crippen LogP contribution in [0.5, 0.6) is 0 Å². The lowest BCUT2D eigenvalue weighted by atomic mass is 10.3. The van der Waals surface area contributed by atoms with Gasteiger partial charge in [-0.15, -0.1) is 5.10 Å². The van der Waals surface area contributed by atoms with Gasteiger partial charge in [0.25, 0.3) is 0 Å². The van der Waals surface area contributed by atoms with Crippen LogP contribution >= 0.6 is 11.3 Å². The minimum Gasteiger partial charge on any atom is -0.382 e. The van der Waals surface area contributed by atoms with Crippen molar-refractivity contribution in [3.8, 4) is 12.1 Å². The number of hydrogen-bond acceptors (Lipinski definition) is 7. The van der Waals surface area contributed by atoms with E-state index in [-0.39, 0.29) is 27.0 Å². The lowest BCUT2D eigenvalue weighted by molar-refractivity contribution is -0.119. The van der Waals surface area contributed by atoms with Crippen LogP contribution in [0.2, 0.25) is 0 Å². The zero-order chi connectivity index (χ0) is 12.1. The summed E-state index contributed by atoms with van der Waals surface area (Å²) in [6, 6.07) is 3.60. The fourth-order valence-corrected chi connectivity index (χ4v) is 1.52. The number of nitriles is 2. The highest BCUT2D eigenvalue weighted by atomic mass is 32.1. The number of carbonyl (C=O) groups is 1. The first-order valence-electron chi connectivity index (χ1n) is 3.99. The fourth-order valence-electron chi connectivity index (χ4n) is 0.802. The van der Waals surface area contributed by atoms with Crippen LogP contribution in [0, 0.1) is 22.7 Å². The molecule has 0 saturated heterocycles. The summed E-state index contributed by atoms with van der Waals surface area (Å²) in [6.45, 7) is 1.28. The van der Waals surface area contributed by atoms with E-state index in [2.05, 4.69) is 15.5 Å². The molecule has 0 saturated carbocycles. The number of anilines is 1. The summed E-state index contributed by atoms with van der Waals surface area (Å²) in [4.78, 5) is 14.6. The zero-order valence-corrected chi connectivity index (χ0v) is 9.00. The Balaban J connectivity index is 3.34. The lowest BCUT2D eigenvalue weighted by Gasteiger charge is -1.97. The van der Waals surface area contributed by atoms with Gasteiger partial charge in [0, 0.05) is 6.92 Å². The molecular weight excluding hydrogens is 228 g/mol. The third-order valence-electron chi connectivity index (χ3n) is 1.41. The first-order valence-corrected chi connectivity index (χ1v) is 4.81. The topological polar surface area (TPSA) is 128 Å². The van der Waals surface area contributed by atoms with Crippen LogP contribution in [0.1, 0.15) is 17.4 Å². The van der Waals surface area contributed by atoms with Crippen LogP contribution in [0.4, 0.5) is 5.82 Å². The Kier molecular flexibility index (Phi) is 3.53. The molecule has 80 valence electrons. The van der Waals surface area contributed by atoms with Gasteiger partial charge >= 0.3 is 0 Å². The largest absolute Gasteiger partial charge is 0.382 e. The molecule has 0 aliphatic carbocycles. The Morgan fingerprint density at radius 1 is 1.56 bits per heavy atom. The molecule has 0 aromatic carbocycles. The molecule has 0 aliphatic heterocycles. The molecule has 0 bridgehead atoms. The van der Waals surface area contributed by atoms with Crippen molar-refractivity contribution in [2.75, 3.05) is 5.73 Å². The number of nitrogens with zero attached hydrogens (tertiary/aromatic N) is 4. The molecular formula is C8H6N6OS. The number of nitrogens with two attached hydrogens (primary N) is 1. The monoisotopic (exact) mass is 234 g/mol. The highest BCUT2D eigenvalue weighted by Gasteiger charge is 2.08. The van der Waals surface area contributed by atoms with Crippen molar-refractivity contribution in [3.63, 3.8) is 0 Å². The summed E-state index contributed by atoms with van der Waals surface area (Å²) in [6.07, 6.45) is 0. The van der Waals surface area contributed by atoms with E-state index in [9.17, 15) is 4.79 Å². The zero-order valence-electron chi connectivity index (χ0n) is 8.18. The summed E-state index contributed by atoms with van der Waals surface area (Å²) in [5.74, 6) is -0.447. The van der Waals surface area contributed by atoms with Crippen LogP contribution in [0.25, 0.3) is 0 Å². The van der Waals surface area contributed by atoms with Crippen LogP contribution in [0.3, 0.4) is 0 Å². The van der Waals surface area contributed by atoms with Crippen molar-refractivity contribution in [2.45, 2.75) is 6.92 Å². The van der Waals surface area contributed by atoms with Gasteiger partial charge in [0.15, 0.2) is 0 Å². The molecule has 0 aliphatic rings. The third kappa shape index (κ3) is 2.53. The van der Waals surface area contributed by atoms with Crippen molar-refractivity contribution in [2.24, 2.45) is 5.10 Å². The molecule has 1 rings (SSSR count). The Morgan fingerprint density at radius 2 is 2.25 bits per heavy atom. The molecule has 0 radical (unpaired) electrons. The van der Waals surface area contributed by atoms with Gasteiger partial charge in [-0.3, -0.25) is 4.79 Å². The first-order chi connectivity index (χ1) is 7.58. The van der Waals surface area contributed by atoms with Gasteiger partial charge in [-0.25, -0.2) is 5.43 Å². The number of nitrogen functional groups attached to an aromatic ring is 1. The van der Waals surface area contributed by atoms with E-state index in [0.29, 0.717) is 0 Å². The molecule has 1 aromatic heterocycles. The summed E-state index contributed by atoms with van der Waals surface area (Å²) in [5.41, 5.74) is 7.65. The third-order valence-corrected chi connectivity index (χ3v) is 2.28. The van der Waals surface area contributed by atoms with Crippen molar-refractivity contribution in [3.05, 3.63) is 15.2 Å². The Hall–Kier alpha value is -2.45.